The Labute approximate surface area is 262 Å². The number of aromatic nitrogens is 6. The number of hydrogen-bond donors (Lipinski definition) is 4. The van der Waals surface area contributed by atoms with Crippen LogP contribution in [0.3, 0.4) is 0 Å². The standard InChI is InChI=1S/C24H27N7O2.2C2HF3O2/c1-17(32)8-4-2-7-11-20(23-25-14-21(30-23)19-9-5-3-6-10-19)29-22(33)12-18-13-26-24-27-16-28-31(24)15-18;2*3-2(4,5)1(6)7/h3,5-6,9-10,13-16,20H,2,4,7-8,11-12H2,1H3,(H,25,30)(H,29,33);2*(H,6,7)/t20-;;/m0../s1. The highest BCUT2D eigenvalue weighted by molar-refractivity contribution is 5.79. The van der Waals surface area contributed by atoms with Gasteiger partial charge in [0, 0.05) is 18.8 Å². The number of benzene rings is 1. The number of carbonyl (C=O) groups is 4. The van der Waals surface area contributed by atoms with Crippen LogP contribution in [-0.2, 0) is 25.6 Å². The maximum absolute atomic E-state index is 12.9. The van der Waals surface area contributed by atoms with Gasteiger partial charge in [-0.1, -0.05) is 43.2 Å². The number of aromatic amines is 1. The molecule has 3 aromatic heterocycles. The highest BCUT2D eigenvalue weighted by Gasteiger charge is 2.38. The van der Waals surface area contributed by atoms with Crippen molar-refractivity contribution < 1.29 is 55.7 Å². The molecule has 47 heavy (non-hydrogen) atoms. The van der Waals surface area contributed by atoms with Crippen molar-refractivity contribution in [3.05, 3.63) is 66.6 Å². The number of Topliss-reactive ketones (excluding diaryl/α,β-unsaturated/α-hetero) is 1. The maximum Gasteiger partial charge on any atom is 0.490 e. The van der Waals surface area contributed by atoms with Gasteiger partial charge in [-0.05, 0) is 30.9 Å². The minimum Gasteiger partial charge on any atom is -0.475 e. The van der Waals surface area contributed by atoms with Crippen molar-refractivity contribution in [1.29, 1.82) is 0 Å². The fraction of sp³-hybridized carbons (Fsp3) is 0.357. The van der Waals surface area contributed by atoms with Crippen molar-refractivity contribution in [2.45, 2.75) is 63.8 Å². The van der Waals surface area contributed by atoms with Crippen LogP contribution in [0.25, 0.3) is 17.0 Å². The van der Waals surface area contributed by atoms with Gasteiger partial charge in [-0.25, -0.2) is 24.1 Å². The Morgan fingerprint density at radius 1 is 0.894 bits per heavy atom. The van der Waals surface area contributed by atoms with Crippen LogP contribution in [0.15, 0.2) is 55.2 Å². The van der Waals surface area contributed by atoms with Crippen LogP contribution >= 0.6 is 0 Å². The van der Waals surface area contributed by atoms with Gasteiger partial charge >= 0.3 is 24.3 Å². The zero-order valence-electron chi connectivity index (χ0n) is 24.5. The van der Waals surface area contributed by atoms with Crippen LogP contribution in [0.5, 0.6) is 0 Å². The van der Waals surface area contributed by atoms with E-state index in [4.69, 9.17) is 19.8 Å². The lowest BCUT2D eigenvalue weighted by Gasteiger charge is -2.17. The van der Waals surface area contributed by atoms with Gasteiger partial charge in [0.15, 0.2) is 0 Å². The van der Waals surface area contributed by atoms with Gasteiger partial charge in [-0.2, -0.15) is 36.4 Å². The van der Waals surface area contributed by atoms with Crippen molar-refractivity contribution in [3.63, 3.8) is 0 Å². The molecule has 0 aliphatic carbocycles. The van der Waals surface area contributed by atoms with E-state index in [9.17, 15) is 35.9 Å². The molecular formula is C28H29F6N7O6. The minimum absolute atomic E-state index is 0.123. The normalized spacial score (nSPS) is 11.8. The Hall–Kier alpha value is -5.36. The molecule has 0 saturated heterocycles. The van der Waals surface area contributed by atoms with Crippen LogP contribution in [0, 0.1) is 0 Å². The zero-order chi connectivity index (χ0) is 35.2. The molecule has 0 radical (unpaired) electrons. The largest absolute Gasteiger partial charge is 0.490 e. The molecule has 0 aliphatic heterocycles. The minimum atomic E-state index is -5.08. The summed E-state index contributed by atoms with van der Waals surface area (Å²) >= 11 is 0. The molecule has 1 amide bonds. The number of nitrogens with one attached hydrogen (secondary N) is 2. The van der Waals surface area contributed by atoms with Crippen LogP contribution in [-0.4, -0.2) is 75.7 Å². The molecule has 0 fully saturated rings. The Kier molecular flexibility index (Phi) is 14.0. The number of hydrogen-bond acceptors (Lipinski definition) is 8. The predicted octanol–water partition coefficient (Wildman–Crippen LogP) is 4.72. The second-order valence-corrected chi connectivity index (χ2v) is 9.72. The van der Waals surface area contributed by atoms with Gasteiger partial charge in [0.1, 0.15) is 17.9 Å². The molecule has 19 heteroatoms. The number of ketones is 1. The van der Waals surface area contributed by atoms with Gasteiger partial charge in [0.05, 0.1) is 24.4 Å². The third-order valence-electron chi connectivity index (χ3n) is 5.90. The summed E-state index contributed by atoms with van der Waals surface area (Å²) < 4.78 is 65.0. The SMILES string of the molecule is CC(=O)CCCCC[C@H](NC(=O)Cc1cnc2ncnn2c1)c1ncc(-c2ccccc2)[nH]1.O=C(O)C(F)(F)F.O=C(O)C(F)(F)F. The highest BCUT2D eigenvalue weighted by atomic mass is 19.4. The number of carboxylic acid groups (broad SMARTS) is 2. The average Bonchev–Trinajstić information content (AvgIpc) is 3.66. The lowest BCUT2D eigenvalue weighted by molar-refractivity contribution is -0.193. The summed E-state index contributed by atoms with van der Waals surface area (Å²) in [6.07, 6.45) is 0.601. The molecule has 0 spiro atoms. The van der Waals surface area contributed by atoms with E-state index < -0.39 is 24.3 Å². The topological polar surface area (TPSA) is 193 Å². The van der Waals surface area contributed by atoms with Gasteiger partial charge in [-0.15, -0.1) is 0 Å². The first-order valence-electron chi connectivity index (χ1n) is 13.6. The number of alkyl halides is 6. The third kappa shape index (κ3) is 13.7. The van der Waals surface area contributed by atoms with E-state index in [2.05, 4.69) is 30.4 Å². The van der Waals surface area contributed by atoms with E-state index in [1.165, 1.54) is 6.33 Å². The number of imidazole rings is 1. The van der Waals surface area contributed by atoms with Gasteiger partial charge in [-0.3, -0.25) is 4.79 Å². The molecule has 1 aromatic carbocycles. The van der Waals surface area contributed by atoms with Crippen LogP contribution in [0.4, 0.5) is 26.3 Å². The van der Waals surface area contributed by atoms with Crippen molar-refractivity contribution in [1.82, 2.24) is 34.9 Å². The summed E-state index contributed by atoms with van der Waals surface area (Å²) in [7, 11) is 0. The number of unbranched alkanes of at least 4 members (excludes halogenated alkanes) is 2. The number of carbonyl (C=O) groups excluding carboxylic acids is 2. The summed E-state index contributed by atoms with van der Waals surface area (Å²) in [5.41, 5.74) is 2.69. The third-order valence-corrected chi connectivity index (χ3v) is 5.90. The second-order valence-electron chi connectivity index (χ2n) is 9.72. The molecule has 254 valence electrons. The predicted molar refractivity (Wildman–Crippen MR) is 151 cm³/mol. The van der Waals surface area contributed by atoms with E-state index in [1.807, 2.05) is 30.3 Å². The fourth-order valence-corrected chi connectivity index (χ4v) is 3.74. The number of amides is 1. The van der Waals surface area contributed by atoms with Crippen molar-refractivity contribution in [2.75, 3.05) is 0 Å². The van der Waals surface area contributed by atoms with Crippen LogP contribution in [0.2, 0.25) is 0 Å². The molecule has 0 aliphatic rings. The maximum atomic E-state index is 12.9. The first kappa shape index (κ1) is 37.8. The Bertz CT molecular complexity index is 1600. The summed E-state index contributed by atoms with van der Waals surface area (Å²) in [6.45, 7) is 1.61. The van der Waals surface area contributed by atoms with Crippen molar-refractivity contribution >= 4 is 29.4 Å². The summed E-state index contributed by atoms with van der Waals surface area (Å²) in [5.74, 6) is -4.22. The first-order chi connectivity index (χ1) is 22.0. The number of carboxylic acids is 2. The monoisotopic (exact) mass is 673 g/mol. The van der Waals surface area contributed by atoms with Crippen LogP contribution in [0.1, 0.15) is 56.5 Å². The van der Waals surface area contributed by atoms with Gasteiger partial charge < -0.3 is 25.3 Å². The summed E-state index contributed by atoms with van der Waals surface area (Å²) in [6, 6.07) is 9.69. The molecule has 4 N–H and O–H groups in total. The first-order valence-corrected chi connectivity index (χ1v) is 13.6. The van der Waals surface area contributed by atoms with Crippen molar-refractivity contribution in [3.8, 4) is 11.3 Å². The number of fused-ring (bicyclic) bond motifs is 1. The Balaban J connectivity index is 0.000000459. The molecule has 0 unspecified atom stereocenters. The van der Waals surface area contributed by atoms with Crippen LogP contribution < -0.4 is 5.32 Å². The molecule has 4 rings (SSSR count). The number of H-pyrrole nitrogens is 1. The fourth-order valence-electron chi connectivity index (χ4n) is 3.74. The van der Waals surface area contributed by atoms with E-state index >= 15 is 0 Å². The molecule has 0 saturated carbocycles. The number of nitrogens with zero attached hydrogens (tertiary/aromatic N) is 5. The number of rotatable bonds is 11. The zero-order valence-corrected chi connectivity index (χ0v) is 24.5. The van der Waals surface area contributed by atoms with E-state index in [-0.39, 0.29) is 24.2 Å². The molecule has 13 nitrogen and oxygen atoms in total. The molecule has 3 heterocycles. The number of halogens is 6. The molecule has 4 aromatic rings. The van der Waals surface area contributed by atoms with E-state index in [0.717, 1.165) is 48.3 Å². The quantitative estimate of drug-likeness (QED) is 0.128. The summed E-state index contributed by atoms with van der Waals surface area (Å²) in [5, 5.41) is 21.4. The van der Waals surface area contributed by atoms with Gasteiger partial charge in [0.25, 0.3) is 5.78 Å². The lowest BCUT2D eigenvalue weighted by Crippen LogP contribution is -2.30. The molecular weight excluding hydrogens is 644 g/mol. The molecule has 1 atom stereocenters. The van der Waals surface area contributed by atoms with Gasteiger partial charge in [0.2, 0.25) is 5.91 Å². The Morgan fingerprint density at radius 2 is 1.51 bits per heavy atom. The van der Waals surface area contributed by atoms with E-state index in [1.54, 1.807) is 30.0 Å². The Morgan fingerprint density at radius 3 is 2.09 bits per heavy atom. The molecule has 0 bridgehead atoms. The van der Waals surface area contributed by atoms with E-state index in [0.29, 0.717) is 12.2 Å². The highest BCUT2D eigenvalue weighted by Crippen LogP contribution is 2.23. The van der Waals surface area contributed by atoms with Crippen molar-refractivity contribution in [2.24, 2.45) is 0 Å². The number of aliphatic carboxylic acids is 2. The smallest absolute Gasteiger partial charge is 0.475 e. The summed E-state index contributed by atoms with van der Waals surface area (Å²) in [4.78, 5) is 58.0. The average molecular weight is 674 g/mol. The lowest BCUT2D eigenvalue weighted by atomic mass is 10.1. The second kappa shape index (κ2) is 17.4.